The Morgan fingerprint density at radius 3 is 2.53 bits per heavy atom. The fourth-order valence-electron chi connectivity index (χ4n) is 2.60. The van der Waals surface area contributed by atoms with Gasteiger partial charge in [0.2, 0.25) is 0 Å². The molecule has 0 aromatic heterocycles. The molecule has 4 heteroatoms. The van der Waals surface area contributed by atoms with Crippen LogP contribution in [0.5, 0.6) is 5.75 Å². The molecular formula is C15H24N2O2. The Hall–Kier alpha value is -1.26. The smallest absolute Gasteiger partial charge is 0.119 e. The molecule has 4 nitrogen and oxygen atoms in total. The molecule has 2 N–H and O–H groups in total. The Kier molecular flexibility index (Phi) is 4.32. The minimum atomic E-state index is -0.223. The van der Waals surface area contributed by atoms with Crippen molar-refractivity contribution in [2.45, 2.75) is 31.8 Å². The van der Waals surface area contributed by atoms with Gasteiger partial charge < -0.3 is 15.2 Å². The predicted molar refractivity (Wildman–Crippen MR) is 77.8 cm³/mol. The number of hydrogen-bond donors (Lipinski definition) is 2. The van der Waals surface area contributed by atoms with Crippen LogP contribution in [0, 0.1) is 0 Å². The number of anilines is 1. The average molecular weight is 264 g/mol. The van der Waals surface area contributed by atoms with Gasteiger partial charge in [-0.2, -0.15) is 0 Å². The van der Waals surface area contributed by atoms with Crippen molar-refractivity contribution >= 4 is 5.69 Å². The highest BCUT2D eigenvalue weighted by Gasteiger charge is 2.38. The van der Waals surface area contributed by atoms with Crippen LogP contribution in [0.1, 0.15) is 20.3 Å². The SMILES string of the molecule is COc1ccc(NC2(CO)CCN(C(C)C)C2)cc1. The van der Waals surface area contributed by atoms with Crippen LogP contribution in [-0.2, 0) is 0 Å². The zero-order chi connectivity index (χ0) is 13.9. The van der Waals surface area contributed by atoms with Gasteiger partial charge in [-0.3, -0.25) is 4.90 Å². The monoisotopic (exact) mass is 264 g/mol. The first-order chi connectivity index (χ1) is 9.08. The molecule has 106 valence electrons. The lowest BCUT2D eigenvalue weighted by atomic mass is 9.99. The molecule has 19 heavy (non-hydrogen) atoms. The van der Waals surface area contributed by atoms with Crippen LogP contribution >= 0.6 is 0 Å². The van der Waals surface area contributed by atoms with Crippen LogP contribution in [0.2, 0.25) is 0 Å². The fraction of sp³-hybridized carbons (Fsp3) is 0.600. The van der Waals surface area contributed by atoms with E-state index in [1.54, 1.807) is 7.11 Å². The van der Waals surface area contributed by atoms with Crippen LogP contribution in [0.3, 0.4) is 0 Å². The summed E-state index contributed by atoms with van der Waals surface area (Å²) in [6, 6.07) is 8.37. The van der Waals surface area contributed by atoms with Gasteiger partial charge in [0.1, 0.15) is 5.75 Å². The maximum absolute atomic E-state index is 9.76. The third kappa shape index (κ3) is 3.19. The van der Waals surface area contributed by atoms with Crippen LogP contribution in [0.25, 0.3) is 0 Å². The number of aliphatic hydroxyl groups is 1. The topological polar surface area (TPSA) is 44.7 Å². The molecule has 0 bridgehead atoms. The number of aliphatic hydroxyl groups excluding tert-OH is 1. The Morgan fingerprint density at radius 1 is 1.37 bits per heavy atom. The molecule has 1 atom stereocenters. The number of ether oxygens (including phenoxy) is 1. The Balaban J connectivity index is 2.06. The van der Waals surface area contributed by atoms with E-state index in [1.807, 2.05) is 24.3 Å². The van der Waals surface area contributed by atoms with Crippen molar-refractivity contribution in [3.8, 4) is 5.75 Å². The van der Waals surface area contributed by atoms with Crippen molar-refractivity contribution < 1.29 is 9.84 Å². The molecule has 0 aliphatic carbocycles. The van der Waals surface area contributed by atoms with E-state index >= 15 is 0 Å². The quantitative estimate of drug-likeness (QED) is 0.853. The van der Waals surface area contributed by atoms with Gasteiger partial charge >= 0.3 is 0 Å². The standard InChI is InChI=1S/C15H24N2O2/c1-12(2)17-9-8-15(10-17,11-18)16-13-4-6-14(19-3)7-5-13/h4-7,12,16,18H,8-11H2,1-3H3. The first-order valence-corrected chi connectivity index (χ1v) is 6.86. The second kappa shape index (κ2) is 5.80. The number of hydrogen-bond acceptors (Lipinski definition) is 4. The van der Waals surface area contributed by atoms with E-state index < -0.39 is 0 Å². The molecule has 1 aromatic rings. The summed E-state index contributed by atoms with van der Waals surface area (Å²) < 4.78 is 5.15. The second-order valence-corrected chi connectivity index (χ2v) is 5.61. The van der Waals surface area contributed by atoms with Gasteiger partial charge in [-0.05, 0) is 44.5 Å². The summed E-state index contributed by atoms with van der Waals surface area (Å²) in [4.78, 5) is 2.40. The lowest BCUT2D eigenvalue weighted by Gasteiger charge is -2.31. The molecule has 2 rings (SSSR count). The van der Waals surface area contributed by atoms with Gasteiger partial charge in [0.25, 0.3) is 0 Å². The van der Waals surface area contributed by atoms with Gasteiger partial charge in [0.05, 0.1) is 19.3 Å². The first kappa shape index (κ1) is 14.2. The molecule has 0 spiro atoms. The number of nitrogens with zero attached hydrogens (tertiary/aromatic N) is 1. The largest absolute Gasteiger partial charge is 0.497 e. The lowest BCUT2D eigenvalue weighted by molar-refractivity contribution is 0.196. The van der Waals surface area contributed by atoms with Gasteiger partial charge in [-0.25, -0.2) is 0 Å². The summed E-state index contributed by atoms with van der Waals surface area (Å²) in [6.45, 7) is 6.46. The van der Waals surface area contributed by atoms with Crippen molar-refractivity contribution in [1.82, 2.24) is 4.90 Å². The average Bonchev–Trinajstić information content (AvgIpc) is 2.85. The maximum Gasteiger partial charge on any atom is 0.119 e. The van der Waals surface area contributed by atoms with Crippen LogP contribution in [-0.4, -0.2) is 48.4 Å². The Labute approximate surface area is 115 Å². The summed E-state index contributed by atoms with van der Waals surface area (Å²) in [5.41, 5.74) is 0.805. The van der Waals surface area contributed by atoms with Crippen LogP contribution < -0.4 is 10.1 Å². The minimum absolute atomic E-state index is 0.155. The van der Waals surface area contributed by atoms with E-state index in [0.717, 1.165) is 30.9 Å². The van der Waals surface area contributed by atoms with Crippen molar-refractivity contribution in [2.24, 2.45) is 0 Å². The van der Waals surface area contributed by atoms with Gasteiger partial charge in [0, 0.05) is 24.8 Å². The molecule has 0 radical (unpaired) electrons. The Morgan fingerprint density at radius 2 is 2.05 bits per heavy atom. The summed E-state index contributed by atoms with van der Waals surface area (Å²) in [5.74, 6) is 0.846. The molecule has 1 aliphatic rings. The summed E-state index contributed by atoms with van der Waals surface area (Å²) >= 11 is 0. The zero-order valence-electron chi connectivity index (χ0n) is 12.0. The van der Waals surface area contributed by atoms with Crippen molar-refractivity contribution in [1.29, 1.82) is 0 Å². The molecule has 1 aromatic carbocycles. The van der Waals surface area contributed by atoms with Gasteiger partial charge in [0.15, 0.2) is 0 Å². The number of rotatable bonds is 5. The molecular weight excluding hydrogens is 240 g/mol. The van der Waals surface area contributed by atoms with Crippen molar-refractivity contribution in [3.05, 3.63) is 24.3 Å². The van der Waals surface area contributed by atoms with E-state index in [0.29, 0.717) is 6.04 Å². The van der Waals surface area contributed by atoms with E-state index in [1.165, 1.54) is 0 Å². The highest BCUT2D eigenvalue weighted by Crippen LogP contribution is 2.28. The molecule has 1 saturated heterocycles. The molecule has 1 fully saturated rings. The van der Waals surface area contributed by atoms with E-state index in [-0.39, 0.29) is 12.1 Å². The highest BCUT2D eigenvalue weighted by atomic mass is 16.5. The lowest BCUT2D eigenvalue weighted by Crippen LogP contribution is -2.45. The van der Waals surface area contributed by atoms with E-state index in [4.69, 9.17) is 4.74 Å². The highest BCUT2D eigenvalue weighted by molar-refractivity contribution is 5.49. The first-order valence-electron chi connectivity index (χ1n) is 6.86. The van der Waals surface area contributed by atoms with Crippen LogP contribution in [0.4, 0.5) is 5.69 Å². The van der Waals surface area contributed by atoms with Crippen molar-refractivity contribution in [2.75, 3.05) is 32.1 Å². The second-order valence-electron chi connectivity index (χ2n) is 5.61. The predicted octanol–water partition coefficient (Wildman–Crippen LogP) is 1.95. The number of benzene rings is 1. The summed E-state index contributed by atoms with van der Waals surface area (Å²) in [6.07, 6.45) is 0.966. The van der Waals surface area contributed by atoms with Gasteiger partial charge in [-0.1, -0.05) is 0 Å². The molecule has 1 heterocycles. The molecule has 1 aliphatic heterocycles. The third-order valence-electron chi connectivity index (χ3n) is 3.92. The maximum atomic E-state index is 9.76. The normalized spacial score (nSPS) is 23.8. The molecule has 1 unspecified atom stereocenters. The van der Waals surface area contributed by atoms with Crippen LogP contribution in [0.15, 0.2) is 24.3 Å². The van der Waals surface area contributed by atoms with Gasteiger partial charge in [-0.15, -0.1) is 0 Å². The van der Waals surface area contributed by atoms with E-state index in [9.17, 15) is 5.11 Å². The zero-order valence-corrected chi connectivity index (χ0v) is 12.0. The van der Waals surface area contributed by atoms with E-state index in [2.05, 4.69) is 24.1 Å². The number of likely N-dealkylation sites (tertiary alicyclic amines) is 1. The minimum Gasteiger partial charge on any atom is -0.497 e. The fourth-order valence-corrected chi connectivity index (χ4v) is 2.60. The summed E-state index contributed by atoms with van der Waals surface area (Å²) in [7, 11) is 1.66. The summed E-state index contributed by atoms with van der Waals surface area (Å²) in [5, 5.41) is 13.3. The molecule has 0 amide bonds. The number of methoxy groups -OCH3 is 1. The number of nitrogens with one attached hydrogen (secondary N) is 1. The van der Waals surface area contributed by atoms with Crippen molar-refractivity contribution in [3.63, 3.8) is 0 Å². The Bertz CT molecular complexity index is 405. The third-order valence-corrected chi connectivity index (χ3v) is 3.92. The molecule has 0 saturated carbocycles.